The fraction of sp³-hybridized carbons (Fsp3) is 0.308. The van der Waals surface area contributed by atoms with Gasteiger partial charge in [0.25, 0.3) is 0 Å². The lowest BCUT2D eigenvalue weighted by Gasteiger charge is -2.16. The molecule has 1 aromatic carbocycles. The largest absolute Gasteiger partial charge is 0.256 e. The third-order valence-electron chi connectivity index (χ3n) is 2.84. The van der Waals surface area contributed by atoms with Gasteiger partial charge in [-0.3, -0.25) is 4.98 Å². The van der Waals surface area contributed by atoms with Crippen LogP contribution in [0.5, 0.6) is 0 Å². The first-order chi connectivity index (χ1) is 7.20. The number of hydrogen-bond acceptors (Lipinski definition) is 1. The van der Waals surface area contributed by atoms with E-state index in [4.69, 9.17) is 0 Å². The lowest BCUT2D eigenvalue weighted by Crippen LogP contribution is -2.05. The lowest BCUT2D eigenvalue weighted by atomic mass is 9.96. The van der Waals surface area contributed by atoms with Crippen molar-refractivity contribution < 1.29 is 0 Å². The summed E-state index contributed by atoms with van der Waals surface area (Å²) >= 11 is 3.63. The van der Waals surface area contributed by atoms with E-state index in [-0.39, 0.29) is 0 Å². The fourth-order valence-electron chi connectivity index (χ4n) is 1.74. The van der Waals surface area contributed by atoms with Crippen LogP contribution in [0.25, 0.3) is 10.9 Å². The second-order valence-electron chi connectivity index (χ2n) is 3.89. The van der Waals surface area contributed by atoms with Crippen molar-refractivity contribution in [1.82, 2.24) is 4.98 Å². The zero-order chi connectivity index (χ0) is 10.8. The molecule has 0 saturated heterocycles. The van der Waals surface area contributed by atoms with Crippen LogP contribution in [0.4, 0.5) is 0 Å². The summed E-state index contributed by atoms with van der Waals surface area (Å²) < 4.78 is 0. The maximum absolute atomic E-state index is 4.46. The number of para-hydroxylation sites is 1. The SMILES string of the molecule is CC(Br)C(C)c1cccc2cccnc12. The number of pyridine rings is 1. The molecule has 0 aliphatic heterocycles. The predicted octanol–water partition coefficient (Wildman–Crippen LogP) is 4.12. The van der Waals surface area contributed by atoms with E-state index in [1.807, 2.05) is 12.3 Å². The van der Waals surface area contributed by atoms with E-state index in [1.54, 1.807) is 0 Å². The standard InChI is InChI=1S/C13H14BrN/c1-9(10(2)14)12-7-3-5-11-6-4-8-15-13(11)12/h3-10H,1-2H3. The summed E-state index contributed by atoms with van der Waals surface area (Å²) in [7, 11) is 0. The van der Waals surface area contributed by atoms with Crippen LogP contribution in [0, 0.1) is 0 Å². The van der Waals surface area contributed by atoms with Crippen LogP contribution in [-0.4, -0.2) is 9.81 Å². The molecule has 0 N–H and O–H groups in total. The van der Waals surface area contributed by atoms with Gasteiger partial charge in [-0.25, -0.2) is 0 Å². The molecule has 2 heteroatoms. The molecule has 2 aromatic rings. The average molecular weight is 264 g/mol. The van der Waals surface area contributed by atoms with Gasteiger partial charge in [0.2, 0.25) is 0 Å². The minimum atomic E-state index is 0.463. The topological polar surface area (TPSA) is 12.9 Å². The normalized spacial score (nSPS) is 15.1. The van der Waals surface area contributed by atoms with Gasteiger partial charge in [0.1, 0.15) is 0 Å². The number of aromatic nitrogens is 1. The molecule has 0 aliphatic carbocycles. The third-order valence-corrected chi connectivity index (χ3v) is 3.64. The van der Waals surface area contributed by atoms with Gasteiger partial charge >= 0.3 is 0 Å². The highest BCUT2D eigenvalue weighted by Crippen LogP contribution is 2.29. The Bertz CT molecular complexity index is 460. The molecule has 0 bridgehead atoms. The van der Waals surface area contributed by atoms with Gasteiger partial charge < -0.3 is 0 Å². The second kappa shape index (κ2) is 4.31. The monoisotopic (exact) mass is 263 g/mol. The summed E-state index contributed by atoms with van der Waals surface area (Å²) in [5, 5.41) is 1.22. The Morgan fingerprint density at radius 3 is 2.60 bits per heavy atom. The molecule has 1 aromatic heterocycles. The van der Waals surface area contributed by atoms with Crippen molar-refractivity contribution in [2.45, 2.75) is 24.6 Å². The highest BCUT2D eigenvalue weighted by atomic mass is 79.9. The molecule has 0 radical (unpaired) electrons. The summed E-state index contributed by atoms with van der Waals surface area (Å²) in [5.74, 6) is 0.476. The number of benzene rings is 1. The first kappa shape index (κ1) is 10.6. The van der Waals surface area contributed by atoms with Gasteiger partial charge in [0, 0.05) is 16.4 Å². The van der Waals surface area contributed by atoms with Crippen LogP contribution in [0.1, 0.15) is 25.3 Å². The maximum Gasteiger partial charge on any atom is 0.0737 e. The molecule has 1 nitrogen and oxygen atoms in total. The molecular formula is C13H14BrN. The Kier molecular flexibility index (Phi) is 3.06. The minimum absolute atomic E-state index is 0.463. The molecule has 1 heterocycles. The zero-order valence-corrected chi connectivity index (χ0v) is 10.5. The molecule has 0 saturated carbocycles. The van der Waals surface area contributed by atoms with Crippen LogP contribution in [0.2, 0.25) is 0 Å². The van der Waals surface area contributed by atoms with Crippen LogP contribution in [0.3, 0.4) is 0 Å². The number of nitrogens with zero attached hydrogens (tertiary/aromatic N) is 1. The molecule has 15 heavy (non-hydrogen) atoms. The molecule has 0 amide bonds. The van der Waals surface area contributed by atoms with Crippen molar-refractivity contribution in [3.05, 3.63) is 42.1 Å². The number of fused-ring (bicyclic) bond motifs is 1. The number of halogens is 1. The molecule has 0 aliphatic rings. The van der Waals surface area contributed by atoms with Crippen molar-refractivity contribution in [2.24, 2.45) is 0 Å². The highest BCUT2D eigenvalue weighted by Gasteiger charge is 2.14. The molecule has 2 rings (SSSR count). The van der Waals surface area contributed by atoms with Crippen LogP contribution in [0.15, 0.2) is 36.5 Å². The van der Waals surface area contributed by atoms with Crippen LogP contribution >= 0.6 is 15.9 Å². The molecular weight excluding hydrogens is 250 g/mol. The van der Waals surface area contributed by atoms with Gasteiger partial charge in [-0.2, -0.15) is 0 Å². The highest BCUT2D eigenvalue weighted by molar-refractivity contribution is 9.09. The maximum atomic E-state index is 4.46. The second-order valence-corrected chi connectivity index (χ2v) is 5.33. The van der Waals surface area contributed by atoms with Gasteiger partial charge in [0.15, 0.2) is 0 Å². The van der Waals surface area contributed by atoms with E-state index in [0.717, 1.165) is 5.52 Å². The molecule has 0 fully saturated rings. The molecule has 0 spiro atoms. The average Bonchev–Trinajstić information content (AvgIpc) is 2.27. The van der Waals surface area contributed by atoms with Crippen LogP contribution < -0.4 is 0 Å². The Hall–Kier alpha value is -0.890. The molecule has 78 valence electrons. The van der Waals surface area contributed by atoms with Crippen molar-refractivity contribution in [1.29, 1.82) is 0 Å². The van der Waals surface area contributed by atoms with E-state index in [1.165, 1.54) is 10.9 Å². The Balaban J connectivity index is 2.60. The third kappa shape index (κ3) is 2.05. The summed E-state index contributed by atoms with van der Waals surface area (Å²) in [6.07, 6.45) is 1.86. The van der Waals surface area contributed by atoms with Crippen molar-refractivity contribution in [3.8, 4) is 0 Å². The van der Waals surface area contributed by atoms with Gasteiger partial charge in [-0.05, 0) is 17.5 Å². The van der Waals surface area contributed by atoms with E-state index in [0.29, 0.717) is 10.7 Å². The Labute approximate surface area is 98.7 Å². The quantitative estimate of drug-likeness (QED) is 0.743. The molecule has 2 unspecified atom stereocenters. The van der Waals surface area contributed by atoms with E-state index in [9.17, 15) is 0 Å². The summed E-state index contributed by atoms with van der Waals surface area (Å²) in [4.78, 5) is 4.93. The Morgan fingerprint density at radius 1 is 1.13 bits per heavy atom. The van der Waals surface area contributed by atoms with Gasteiger partial charge in [-0.15, -0.1) is 0 Å². The van der Waals surface area contributed by atoms with Crippen molar-refractivity contribution >= 4 is 26.8 Å². The summed E-state index contributed by atoms with van der Waals surface area (Å²) in [6.45, 7) is 4.40. The van der Waals surface area contributed by atoms with Crippen LogP contribution in [-0.2, 0) is 0 Å². The van der Waals surface area contributed by atoms with Gasteiger partial charge in [0.05, 0.1) is 5.52 Å². The molecule has 2 atom stereocenters. The number of rotatable bonds is 2. The first-order valence-corrected chi connectivity index (χ1v) is 6.09. The van der Waals surface area contributed by atoms with Crippen molar-refractivity contribution in [2.75, 3.05) is 0 Å². The van der Waals surface area contributed by atoms with Gasteiger partial charge in [-0.1, -0.05) is 54.0 Å². The van der Waals surface area contributed by atoms with E-state index in [2.05, 4.69) is 59.0 Å². The van der Waals surface area contributed by atoms with Crippen molar-refractivity contribution in [3.63, 3.8) is 0 Å². The predicted molar refractivity (Wildman–Crippen MR) is 68.5 cm³/mol. The smallest absolute Gasteiger partial charge is 0.0737 e. The number of alkyl halides is 1. The minimum Gasteiger partial charge on any atom is -0.256 e. The Morgan fingerprint density at radius 2 is 1.87 bits per heavy atom. The fourth-order valence-corrected chi connectivity index (χ4v) is 2.03. The zero-order valence-electron chi connectivity index (χ0n) is 8.94. The number of hydrogen-bond donors (Lipinski definition) is 0. The van der Waals surface area contributed by atoms with E-state index >= 15 is 0 Å². The summed E-state index contributed by atoms with van der Waals surface area (Å²) in [5.41, 5.74) is 2.44. The van der Waals surface area contributed by atoms with E-state index < -0.39 is 0 Å². The lowest BCUT2D eigenvalue weighted by molar-refractivity contribution is 0.766. The summed E-state index contributed by atoms with van der Waals surface area (Å²) in [6, 6.07) is 10.5. The first-order valence-electron chi connectivity index (χ1n) is 5.18.